The third-order valence-electron chi connectivity index (χ3n) is 2.33. The molecule has 0 bridgehead atoms. The van der Waals surface area contributed by atoms with Crippen LogP contribution in [0.3, 0.4) is 0 Å². The molecule has 1 aromatic rings. The zero-order chi connectivity index (χ0) is 13.5. The minimum atomic E-state index is -1.06. The van der Waals surface area contributed by atoms with Crippen LogP contribution in [-0.4, -0.2) is 42.1 Å². The van der Waals surface area contributed by atoms with Crippen LogP contribution in [0.1, 0.15) is 23.7 Å². The molecule has 0 fully saturated rings. The Morgan fingerprint density at radius 1 is 1.50 bits per heavy atom. The molecule has 0 saturated carbocycles. The van der Waals surface area contributed by atoms with Crippen molar-refractivity contribution in [1.82, 2.24) is 10.3 Å². The Balaban J connectivity index is 2.75. The van der Waals surface area contributed by atoms with Gasteiger partial charge in [0.2, 0.25) is 5.91 Å². The van der Waals surface area contributed by atoms with Crippen molar-refractivity contribution in [3.05, 3.63) is 23.9 Å². The zero-order valence-corrected chi connectivity index (χ0v) is 10.5. The molecular formula is C12H17N3O3. The summed E-state index contributed by atoms with van der Waals surface area (Å²) < 4.78 is 0. The number of hydrogen-bond acceptors (Lipinski definition) is 4. The van der Waals surface area contributed by atoms with E-state index in [2.05, 4.69) is 10.3 Å². The van der Waals surface area contributed by atoms with Crippen LogP contribution >= 0.6 is 0 Å². The van der Waals surface area contributed by atoms with E-state index in [1.807, 2.05) is 6.92 Å². The highest BCUT2D eigenvalue weighted by Gasteiger charge is 2.16. The summed E-state index contributed by atoms with van der Waals surface area (Å²) in [5.74, 6) is -0.920. The molecule has 0 aliphatic rings. The number of aromatic carboxylic acids is 1. The number of carboxylic acid groups (broad SMARTS) is 1. The largest absolute Gasteiger partial charge is 0.478 e. The normalized spacial score (nSPS) is 9.89. The second-order valence-corrected chi connectivity index (χ2v) is 3.89. The van der Waals surface area contributed by atoms with Gasteiger partial charge in [0, 0.05) is 19.8 Å². The van der Waals surface area contributed by atoms with Gasteiger partial charge in [-0.05, 0) is 18.6 Å². The maximum Gasteiger partial charge on any atom is 0.339 e. The molecule has 1 rings (SSSR count). The number of likely N-dealkylation sites (N-methyl/N-ethyl adjacent to an activating group) is 1. The molecule has 1 heterocycles. The first-order valence-electron chi connectivity index (χ1n) is 5.72. The maximum atomic E-state index is 11.5. The first-order chi connectivity index (χ1) is 8.56. The van der Waals surface area contributed by atoms with Gasteiger partial charge in [0.15, 0.2) is 0 Å². The second-order valence-electron chi connectivity index (χ2n) is 3.89. The Labute approximate surface area is 106 Å². The van der Waals surface area contributed by atoms with Crippen molar-refractivity contribution >= 4 is 17.7 Å². The van der Waals surface area contributed by atoms with Crippen LogP contribution in [0.15, 0.2) is 18.3 Å². The van der Waals surface area contributed by atoms with E-state index in [0.29, 0.717) is 6.54 Å². The molecule has 1 amide bonds. The average Bonchev–Trinajstić information content (AvgIpc) is 2.36. The van der Waals surface area contributed by atoms with Crippen LogP contribution in [-0.2, 0) is 4.79 Å². The summed E-state index contributed by atoms with van der Waals surface area (Å²) in [4.78, 5) is 28.1. The van der Waals surface area contributed by atoms with Crippen LogP contribution in [0.2, 0.25) is 0 Å². The molecule has 0 atom stereocenters. The molecule has 0 spiro atoms. The lowest BCUT2D eigenvalue weighted by atomic mass is 10.2. The highest BCUT2D eigenvalue weighted by atomic mass is 16.4. The standard InChI is InChI=1S/C12H17N3O3/c1-3-6-13-10(16)8-15(2)11-9(12(17)18)5-4-7-14-11/h4-5,7H,3,6,8H2,1-2H3,(H,13,16)(H,17,18). The van der Waals surface area contributed by atoms with Crippen molar-refractivity contribution < 1.29 is 14.7 Å². The number of carboxylic acids is 1. The van der Waals surface area contributed by atoms with Crippen LogP contribution in [0, 0.1) is 0 Å². The Morgan fingerprint density at radius 3 is 2.83 bits per heavy atom. The van der Waals surface area contributed by atoms with Gasteiger partial charge in [-0.2, -0.15) is 0 Å². The number of nitrogens with one attached hydrogen (secondary N) is 1. The van der Waals surface area contributed by atoms with Crippen molar-refractivity contribution in [1.29, 1.82) is 0 Å². The minimum absolute atomic E-state index is 0.0806. The van der Waals surface area contributed by atoms with E-state index in [1.54, 1.807) is 13.1 Å². The zero-order valence-electron chi connectivity index (χ0n) is 10.5. The summed E-state index contributed by atoms with van der Waals surface area (Å²) in [6, 6.07) is 3.02. The fourth-order valence-corrected chi connectivity index (χ4v) is 1.48. The molecule has 1 aromatic heterocycles. The highest BCUT2D eigenvalue weighted by Crippen LogP contribution is 2.15. The fourth-order valence-electron chi connectivity index (χ4n) is 1.48. The number of amides is 1. The molecule has 0 aliphatic heterocycles. The van der Waals surface area contributed by atoms with E-state index >= 15 is 0 Å². The summed E-state index contributed by atoms with van der Waals surface area (Å²) in [6.07, 6.45) is 2.36. The van der Waals surface area contributed by atoms with Gasteiger partial charge in [-0.25, -0.2) is 9.78 Å². The summed E-state index contributed by atoms with van der Waals surface area (Å²) in [6.45, 7) is 2.66. The number of nitrogens with zero attached hydrogens (tertiary/aromatic N) is 2. The van der Waals surface area contributed by atoms with Crippen LogP contribution in [0.4, 0.5) is 5.82 Å². The minimum Gasteiger partial charge on any atom is -0.478 e. The first-order valence-corrected chi connectivity index (χ1v) is 5.72. The first kappa shape index (κ1) is 14.0. The van der Waals surface area contributed by atoms with Gasteiger partial charge in [0.05, 0.1) is 6.54 Å². The molecule has 0 aliphatic carbocycles. The lowest BCUT2D eigenvalue weighted by molar-refractivity contribution is -0.119. The van der Waals surface area contributed by atoms with E-state index in [0.717, 1.165) is 6.42 Å². The number of carbonyl (C=O) groups is 2. The van der Waals surface area contributed by atoms with E-state index in [9.17, 15) is 9.59 Å². The molecule has 0 unspecified atom stereocenters. The Bertz CT molecular complexity index is 434. The van der Waals surface area contributed by atoms with E-state index in [1.165, 1.54) is 17.2 Å². The fraction of sp³-hybridized carbons (Fsp3) is 0.417. The van der Waals surface area contributed by atoms with Crippen molar-refractivity contribution in [2.75, 3.05) is 25.0 Å². The third-order valence-corrected chi connectivity index (χ3v) is 2.33. The molecule has 2 N–H and O–H groups in total. The maximum absolute atomic E-state index is 11.5. The van der Waals surface area contributed by atoms with Crippen molar-refractivity contribution in [2.45, 2.75) is 13.3 Å². The number of carbonyl (C=O) groups excluding carboxylic acids is 1. The summed E-state index contributed by atoms with van der Waals surface area (Å²) in [7, 11) is 1.64. The molecule has 98 valence electrons. The van der Waals surface area contributed by atoms with Gasteiger partial charge in [0.25, 0.3) is 0 Å². The number of pyridine rings is 1. The van der Waals surface area contributed by atoms with E-state index in [-0.39, 0.29) is 23.8 Å². The quantitative estimate of drug-likeness (QED) is 0.779. The number of rotatable bonds is 6. The van der Waals surface area contributed by atoms with Gasteiger partial charge in [-0.3, -0.25) is 4.79 Å². The molecule has 0 saturated heterocycles. The van der Waals surface area contributed by atoms with Crippen molar-refractivity contribution in [3.63, 3.8) is 0 Å². The molecule has 0 radical (unpaired) electrons. The predicted octanol–water partition coefficient (Wildman–Crippen LogP) is 0.742. The van der Waals surface area contributed by atoms with Crippen LogP contribution in [0.5, 0.6) is 0 Å². The molecule has 6 nitrogen and oxygen atoms in total. The lowest BCUT2D eigenvalue weighted by Crippen LogP contribution is -2.36. The number of anilines is 1. The van der Waals surface area contributed by atoms with Crippen molar-refractivity contribution in [2.24, 2.45) is 0 Å². The van der Waals surface area contributed by atoms with Gasteiger partial charge in [-0.1, -0.05) is 6.92 Å². The van der Waals surface area contributed by atoms with Crippen LogP contribution in [0.25, 0.3) is 0 Å². The summed E-state index contributed by atoms with van der Waals surface area (Å²) >= 11 is 0. The van der Waals surface area contributed by atoms with E-state index in [4.69, 9.17) is 5.11 Å². The molecule has 18 heavy (non-hydrogen) atoms. The van der Waals surface area contributed by atoms with Gasteiger partial charge in [-0.15, -0.1) is 0 Å². The van der Waals surface area contributed by atoms with Crippen LogP contribution < -0.4 is 10.2 Å². The molecule has 0 aromatic carbocycles. The topological polar surface area (TPSA) is 82.5 Å². The second kappa shape index (κ2) is 6.58. The Morgan fingerprint density at radius 2 is 2.22 bits per heavy atom. The number of aromatic nitrogens is 1. The van der Waals surface area contributed by atoms with Gasteiger partial charge < -0.3 is 15.3 Å². The smallest absolute Gasteiger partial charge is 0.339 e. The predicted molar refractivity (Wildman–Crippen MR) is 67.8 cm³/mol. The average molecular weight is 251 g/mol. The van der Waals surface area contributed by atoms with Gasteiger partial charge >= 0.3 is 5.97 Å². The molecular weight excluding hydrogens is 234 g/mol. The van der Waals surface area contributed by atoms with Crippen molar-refractivity contribution in [3.8, 4) is 0 Å². The summed E-state index contributed by atoms with van der Waals surface area (Å²) in [5, 5.41) is 11.7. The number of hydrogen-bond donors (Lipinski definition) is 2. The monoisotopic (exact) mass is 251 g/mol. The molecule has 6 heteroatoms. The summed E-state index contributed by atoms with van der Waals surface area (Å²) in [5.41, 5.74) is 0.0864. The Hall–Kier alpha value is -2.11. The third kappa shape index (κ3) is 3.73. The van der Waals surface area contributed by atoms with Gasteiger partial charge in [0.1, 0.15) is 11.4 Å². The SMILES string of the molecule is CCCNC(=O)CN(C)c1ncccc1C(=O)O. The Kier molecular flexibility index (Phi) is 5.10. The highest BCUT2D eigenvalue weighted by molar-refractivity contribution is 5.94. The van der Waals surface area contributed by atoms with E-state index < -0.39 is 5.97 Å². The lowest BCUT2D eigenvalue weighted by Gasteiger charge is -2.19.